The van der Waals surface area contributed by atoms with E-state index in [1.807, 2.05) is 4.57 Å². The first-order chi connectivity index (χ1) is 16.0. The zero-order valence-electron chi connectivity index (χ0n) is 22.9. The molecule has 0 spiro atoms. The number of imidazole rings is 1. The molecule has 3 N–H and O–H groups in total. The molecule has 3 atom stereocenters. The Morgan fingerprint density at radius 3 is 2.26 bits per heavy atom. The van der Waals surface area contributed by atoms with Gasteiger partial charge in [0.15, 0.2) is 34.3 Å². The lowest BCUT2D eigenvalue weighted by Crippen LogP contribution is -2.46. The Bertz CT molecular complexity index is 1070. The van der Waals surface area contributed by atoms with Crippen LogP contribution >= 0.6 is 0 Å². The van der Waals surface area contributed by atoms with Crippen LogP contribution in [0.2, 0.25) is 36.3 Å². The molecule has 11 heteroatoms. The van der Waals surface area contributed by atoms with Gasteiger partial charge in [-0.2, -0.15) is 0 Å². The first-order valence-corrected chi connectivity index (χ1v) is 18.0. The van der Waals surface area contributed by atoms with Gasteiger partial charge in [0.2, 0.25) is 0 Å². The molecular weight excluding hydrogens is 478 g/mol. The number of hydrogen-bond donors (Lipinski definition) is 2. The predicted molar refractivity (Wildman–Crippen MR) is 144 cm³/mol. The van der Waals surface area contributed by atoms with Crippen LogP contribution in [0.15, 0.2) is 24.3 Å². The highest BCUT2D eigenvalue weighted by atomic mass is 28.4. The molecule has 1 aliphatic rings. The van der Waals surface area contributed by atoms with Gasteiger partial charge >= 0.3 is 0 Å². The van der Waals surface area contributed by atoms with Gasteiger partial charge in [0.05, 0.1) is 19.5 Å². The molecule has 196 valence electrons. The fraction of sp³-hybridized carbons (Fsp3) is 0.708. The first-order valence-electron chi connectivity index (χ1n) is 12.2. The second-order valence-electron chi connectivity index (χ2n) is 12.4. The average molecular weight is 522 g/mol. The first kappa shape index (κ1) is 27.9. The van der Waals surface area contributed by atoms with Gasteiger partial charge in [0, 0.05) is 0 Å². The molecule has 0 unspecified atom stereocenters. The maximum Gasteiger partial charge on any atom is 0.193 e. The van der Waals surface area contributed by atoms with Crippen LogP contribution in [0, 0.1) is 0 Å². The summed E-state index contributed by atoms with van der Waals surface area (Å²) >= 11 is 0. The van der Waals surface area contributed by atoms with E-state index in [2.05, 4.69) is 82.7 Å². The Morgan fingerprint density at radius 2 is 1.69 bits per heavy atom. The molecule has 3 heterocycles. The number of hydrogen-bond acceptors (Lipinski definition) is 8. The van der Waals surface area contributed by atoms with Crippen molar-refractivity contribution in [1.29, 1.82) is 0 Å². The summed E-state index contributed by atoms with van der Waals surface area (Å²) in [6, 6.07) is 0. The lowest BCUT2D eigenvalue weighted by molar-refractivity contribution is -0.0439. The SMILES string of the molecule is CC(C)(C)[Si](C)(C)OC[C@H]1O[C@@H](n2cnc3c(N)ncnc32)[C@H](O[Si](C)(C)C(C)(C)C)/C1=C/CO. The molecule has 0 radical (unpaired) electrons. The summed E-state index contributed by atoms with van der Waals surface area (Å²) in [7, 11) is -4.24. The zero-order chi connectivity index (χ0) is 26.4. The van der Waals surface area contributed by atoms with Gasteiger partial charge < -0.3 is 24.4 Å². The van der Waals surface area contributed by atoms with Crippen molar-refractivity contribution >= 4 is 33.6 Å². The van der Waals surface area contributed by atoms with Crippen LogP contribution in [0.5, 0.6) is 0 Å². The molecule has 0 aliphatic carbocycles. The van der Waals surface area contributed by atoms with Gasteiger partial charge in [-0.15, -0.1) is 0 Å². The third kappa shape index (κ3) is 5.54. The van der Waals surface area contributed by atoms with E-state index in [0.29, 0.717) is 23.6 Å². The van der Waals surface area contributed by atoms with E-state index in [9.17, 15) is 5.11 Å². The molecule has 0 amide bonds. The minimum Gasteiger partial charge on any atom is -0.414 e. The van der Waals surface area contributed by atoms with Gasteiger partial charge in [0.25, 0.3) is 0 Å². The maximum atomic E-state index is 9.94. The lowest BCUT2D eigenvalue weighted by Gasteiger charge is -2.39. The highest BCUT2D eigenvalue weighted by Crippen LogP contribution is 2.45. The number of aromatic nitrogens is 4. The molecular formula is C24H43N5O4Si2. The number of nitrogen functional groups attached to an aromatic ring is 1. The van der Waals surface area contributed by atoms with Crippen molar-refractivity contribution in [3.05, 3.63) is 24.3 Å². The van der Waals surface area contributed by atoms with Crippen LogP contribution in [-0.4, -0.2) is 66.7 Å². The summed E-state index contributed by atoms with van der Waals surface area (Å²) < 4.78 is 22.0. The number of nitrogens with two attached hydrogens (primary N) is 1. The second-order valence-corrected chi connectivity index (χ2v) is 21.9. The summed E-state index contributed by atoms with van der Waals surface area (Å²) in [5, 5.41) is 9.99. The Morgan fingerprint density at radius 1 is 1.06 bits per heavy atom. The highest BCUT2D eigenvalue weighted by Gasteiger charge is 2.49. The van der Waals surface area contributed by atoms with Crippen LogP contribution in [-0.2, 0) is 13.6 Å². The third-order valence-electron chi connectivity index (χ3n) is 7.88. The number of rotatable bonds is 7. The minimum atomic E-state index is -2.22. The summed E-state index contributed by atoms with van der Waals surface area (Å²) in [6.45, 7) is 22.4. The Kier molecular flexibility index (Phi) is 7.72. The Labute approximate surface area is 211 Å². The van der Waals surface area contributed by atoms with Crippen molar-refractivity contribution in [3.63, 3.8) is 0 Å². The monoisotopic (exact) mass is 521 g/mol. The average Bonchev–Trinajstić information content (AvgIpc) is 3.28. The molecule has 9 nitrogen and oxygen atoms in total. The van der Waals surface area contributed by atoms with E-state index >= 15 is 0 Å². The van der Waals surface area contributed by atoms with Gasteiger partial charge in [-0.25, -0.2) is 15.0 Å². The second kappa shape index (κ2) is 9.67. The van der Waals surface area contributed by atoms with Crippen molar-refractivity contribution < 1.29 is 18.7 Å². The largest absolute Gasteiger partial charge is 0.414 e. The Balaban J connectivity index is 2.05. The summed E-state index contributed by atoms with van der Waals surface area (Å²) in [5.74, 6) is 0.317. The molecule has 35 heavy (non-hydrogen) atoms. The van der Waals surface area contributed by atoms with E-state index < -0.39 is 29.0 Å². The number of fused-ring (bicyclic) bond motifs is 1. The smallest absolute Gasteiger partial charge is 0.193 e. The molecule has 1 fully saturated rings. The van der Waals surface area contributed by atoms with Crippen molar-refractivity contribution in [1.82, 2.24) is 19.5 Å². The van der Waals surface area contributed by atoms with E-state index in [1.165, 1.54) is 6.33 Å². The summed E-state index contributed by atoms with van der Waals surface area (Å²) in [6.07, 6.45) is 3.58. The number of aliphatic hydroxyl groups is 1. The number of nitrogens with zero attached hydrogens (tertiary/aromatic N) is 4. The van der Waals surface area contributed by atoms with Crippen LogP contribution in [0.25, 0.3) is 11.2 Å². The van der Waals surface area contributed by atoms with E-state index in [1.54, 1.807) is 12.4 Å². The van der Waals surface area contributed by atoms with Gasteiger partial charge in [-0.1, -0.05) is 47.6 Å². The van der Waals surface area contributed by atoms with Crippen LogP contribution in [0.3, 0.4) is 0 Å². The molecule has 0 bridgehead atoms. The lowest BCUT2D eigenvalue weighted by atomic mass is 10.1. The third-order valence-corrected chi connectivity index (χ3v) is 16.8. The topological polar surface area (TPSA) is 118 Å². The van der Waals surface area contributed by atoms with Crippen LogP contribution < -0.4 is 5.73 Å². The maximum absolute atomic E-state index is 9.94. The quantitative estimate of drug-likeness (QED) is 0.400. The fourth-order valence-corrected chi connectivity index (χ4v) is 5.79. The molecule has 3 rings (SSSR count). The van der Waals surface area contributed by atoms with Crippen molar-refractivity contribution in [2.45, 2.75) is 96.2 Å². The van der Waals surface area contributed by atoms with Crippen LogP contribution in [0.4, 0.5) is 5.82 Å². The molecule has 1 saturated heterocycles. The van der Waals surface area contributed by atoms with E-state index in [-0.39, 0.29) is 22.8 Å². The zero-order valence-corrected chi connectivity index (χ0v) is 24.9. The Hall–Kier alpha value is -1.64. The number of aliphatic hydroxyl groups excluding tert-OH is 1. The van der Waals surface area contributed by atoms with Gasteiger partial charge in [0.1, 0.15) is 24.1 Å². The number of anilines is 1. The number of ether oxygens (including phenoxy) is 1. The van der Waals surface area contributed by atoms with Crippen molar-refractivity contribution in [2.75, 3.05) is 18.9 Å². The van der Waals surface area contributed by atoms with Crippen molar-refractivity contribution in [2.24, 2.45) is 0 Å². The normalized spacial score (nSPS) is 23.5. The van der Waals surface area contributed by atoms with Gasteiger partial charge in [-0.05, 0) is 41.8 Å². The van der Waals surface area contributed by atoms with Gasteiger partial charge in [-0.3, -0.25) is 4.57 Å². The van der Waals surface area contributed by atoms with Crippen LogP contribution in [0.1, 0.15) is 47.8 Å². The summed E-state index contributed by atoms with van der Waals surface area (Å²) in [4.78, 5) is 12.9. The standard InChI is InChI=1S/C24H43N5O4Si2/c1-23(2,3)34(7,8)31-13-17-16(11-12-30)19(33-35(9,10)24(4,5)6)22(32-17)29-15-28-18-20(25)26-14-27-21(18)29/h11,14-15,17,19,22,30H,12-13H2,1-10H3,(H2,25,26,27)/b16-11+/t17-,19-,22-/m1/s1. The molecule has 0 saturated carbocycles. The van der Waals surface area contributed by atoms with Crippen molar-refractivity contribution in [3.8, 4) is 0 Å². The van der Waals surface area contributed by atoms with E-state index in [0.717, 1.165) is 5.57 Å². The molecule has 0 aromatic carbocycles. The summed E-state index contributed by atoms with van der Waals surface area (Å²) in [5.41, 5.74) is 8.05. The minimum absolute atomic E-state index is 0.0127. The highest BCUT2D eigenvalue weighted by molar-refractivity contribution is 6.74. The van der Waals surface area contributed by atoms with E-state index in [4.69, 9.17) is 19.3 Å². The molecule has 1 aliphatic heterocycles. The molecule has 2 aromatic heterocycles. The fourth-order valence-electron chi connectivity index (χ4n) is 3.54. The molecule has 2 aromatic rings. The predicted octanol–water partition coefficient (Wildman–Crippen LogP) is 4.64.